The number of aromatic nitrogens is 1. The second-order valence-electron chi connectivity index (χ2n) is 7.41. The number of benzene rings is 1. The van der Waals surface area contributed by atoms with E-state index in [1.54, 1.807) is 11.3 Å². The molecule has 1 aromatic carbocycles. The first-order valence-corrected chi connectivity index (χ1v) is 11.7. The van der Waals surface area contributed by atoms with Crippen molar-refractivity contribution in [2.75, 3.05) is 31.1 Å². The van der Waals surface area contributed by atoms with E-state index in [2.05, 4.69) is 21.9 Å². The van der Waals surface area contributed by atoms with E-state index in [4.69, 9.17) is 16.6 Å². The van der Waals surface area contributed by atoms with Gasteiger partial charge in [0, 0.05) is 53.4 Å². The van der Waals surface area contributed by atoms with Gasteiger partial charge >= 0.3 is 0 Å². The Labute approximate surface area is 178 Å². The number of rotatable bonds is 6. The maximum absolute atomic E-state index is 10.9. The number of nitrogens with zero attached hydrogens (tertiary/aromatic N) is 3. The molecule has 1 unspecified atom stereocenters. The Kier molecular flexibility index (Phi) is 6.31. The quantitative estimate of drug-likeness (QED) is 0.506. The smallest absolute Gasteiger partial charge is 0.186 e. The molecule has 0 spiro atoms. The molecule has 0 aliphatic carbocycles. The van der Waals surface area contributed by atoms with Crippen LogP contribution in [0.2, 0.25) is 5.02 Å². The van der Waals surface area contributed by atoms with E-state index >= 15 is 0 Å². The molecule has 3 heterocycles. The van der Waals surface area contributed by atoms with Gasteiger partial charge in [0.25, 0.3) is 0 Å². The van der Waals surface area contributed by atoms with Gasteiger partial charge in [-0.05, 0) is 43.2 Å². The van der Waals surface area contributed by atoms with E-state index < -0.39 is 0 Å². The van der Waals surface area contributed by atoms with Crippen molar-refractivity contribution in [3.63, 3.8) is 0 Å². The maximum Gasteiger partial charge on any atom is 0.186 e. The highest BCUT2D eigenvalue weighted by molar-refractivity contribution is 7.22. The SMILES string of the molecule is CC(C=O)Cc1ccc(CN2CCCN(c3nc4ccc(Cl)cc4s3)CC2)s1. The third-order valence-electron chi connectivity index (χ3n) is 5.05. The Morgan fingerprint density at radius 3 is 2.86 bits per heavy atom. The number of hydrogen-bond acceptors (Lipinski definition) is 6. The van der Waals surface area contributed by atoms with Crippen LogP contribution in [-0.4, -0.2) is 42.3 Å². The molecule has 2 aromatic heterocycles. The number of anilines is 1. The average Bonchev–Trinajstić information content (AvgIpc) is 3.22. The zero-order valence-corrected chi connectivity index (χ0v) is 18.3. The predicted molar refractivity (Wildman–Crippen MR) is 120 cm³/mol. The first kappa shape index (κ1) is 19.8. The molecule has 28 heavy (non-hydrogen) atoms. The summed E-state index contributed by atoms with van der Waals surface area (Å²) >= 11 is 9.69. The minimum atomic E-state index is 0.0990. The van der Waals surface area contributed by atoms with Crippen LogP contribution in [-0.2, 0) is 17.8 Å². The van der Waals surface area contributed by atoms with Crippen molar-refractivity contribution in [1.82, 2.24) is 9.88 Å². The number of thiophene rings is 1. The first-order valence-electron chi connectivity index (χ1n) is 9.67. The molecule has 0 amide bonds. The van der Waals surface area contributed by atoms with Crippen molar-refractivity contribution in [1.29, 1.82) is 0 Å². The standard InChI is InChI=1S/C21H24ClN3OS2/c1-15(14-26)11-17-4-5-18(27-17)13-24-7-2-8-25(10-9-24)21-23-19-6-3-16(22)12-20(19)28-21/h3-6,12,14-15H,2,7-11,13H2,1H3. The second-order valence-corrected chi connectivity index (χ2v) is 10.1. The maximum atomic E-state index is 10.9. The average molecular weight is 434 g/mol. The summed E-state index contributed by atoms with van der Waals surface area (Å²) in [7, 11) is 0. The zero-order valence-electron chi connectivity index (χ0n) is 15.9. The molecule has 0 bridgehead atoms. The van der Waals surface area contributed by atoms with Crippen LogP contribution in [0.25, 0.3) is 10.2 Å². The second kappa shape index (κ2) is 8.91. The number of carbonyl (C=O) groups excluding carboxylic acids is 1. The lowest BCUT2D eigenvalue weighted by atomic mass is 10.1. The highest BCUT2D eigenvalue weighted by Crippen LogP contribution is 2.31. The summed E-state index contributed by atoms with van der Waals surface area (Å²) in [6.07, 6.45) is 3.03. The number of aldehydes is 1. The fourth-order valence-electron chi connectivity index (χ4n) is 3.54. The summed E-state index contributed by atoms with van der Waals surface area (Å²) < 4.78 is 1.15. The molecule has 0 saturated carbocycles. The molecule has 4 rings (SSSR count). The summed E-state index contributed by atoms with van der Waals surface area (Å²) in [5, 5.41) is 1.86. The topological polar surface area (TPSA) is 36.4 Å². The Morgan fingerprint density at radius 1 is 1.14 bits per heavy atom. The largest absolute Gasteiger partial charge is 0.347 e. The van der Waals surface area contributed by atoms with Crippen molar-refractivity contribution >= 4 is 55.9 Å². The lowest BCUT2D eigenvalue weighted by Gasteiger charge is -2.20. The van der Waals surface area contributed by atoms with Gasteiger partial charge in [-0.3, -0.25) is 4.90 Å². The van der Waals surface area contributed by atoms with E-state index in [9.17, 15) is 4.79 Å². The van der Waals surface area contributed by atoms with Crippen molar-refractivity contribution in [3.05, 3.63) is 45.1 Å². The molecule has 0 N–H and O–H groups in total. The van der Waals surface area contributed by atoms with Gasteiger partial charge < -0.3 is 9.69 Å². The molecule has 3 aromatic rings. The van der Waals surface area contributed by atoms with E-state index in [1.165, 1.54) is 9.75 Å². The molecule has 1 aliphatic heterocycles. The number of hydrogen-bond donors (Lipinski definition) is 0. The minimum absolute atomic E-state index is 0.0990. The van der Waals surface area contributed by atoms with Gasteiger partial charge in [0.1, 0.15) is 6.29 Å². The Morgan fingerprint density at radius 2 is 2.00 bits per heavy atom. The molecule has 0 radical (unpaired) electrons. The molecule has 1 fully saturated rings. The van der Waals surface area contributed by atoms with Crippen molar-refractivity contribution in [3.8, 4) is 0 Å². The van der Waals surface area contributed by atoms with E-state index in [0.29, 0.717) is 0 Å². The summed E-state index contributed by atoms with van der Waals surface area (Å²) in [6.45, 7) is 7.14. The number of thiazole rings is 1. The van der Waals surface area contributed by atoms with Crippen LogP contribution in [0.5, 0.6) is 0 Å². The van der Waals surface area contributed by atoms with Crippen molar-refractivity contribution in [2.45, 2.75) is 26.3 Å². The van der Waals surface area contributed by atoms with Crippen LogP contribution in [0.15, 0.2) is 30.3 Å². The lowest BCUT2D eigenvalue weighted by molar-refractivity contribution is -0.110. The number of fused-ring (bicyclic) bond motifs is 1. The Balaban J connectivity index is 1.37. The van der Waals surface area contributed by atoms with Crippen LogP contribution < -0.4 is 4.90 Å². The van der Waals surface area contributed by atoms with Gasteiger partial charge in [-0.25, -0.2) is 4.98 Å². The summed E-state index contributed by atoms with van der Waals surface area (Å²) in [5.74, 6) is 0.0990. The van der Waals surface area contributed by atoms with E-state index in [1.807, 2.05) is 36.5 Å². The van der Waals surface area contributed by atoms with Gasteiger partial charge in [0.05, 0.1) is 10.2 Å². The van der Waals surface area contributed by atoms with Gasteiger partial charge in [0.15, 0.2) is 5.13 Å². The number of carbonyl (C=O) groups is 1. The zero-order chi connectivity index (χ0) is 19.5. The highest BCUT2D eigenvalue weighted by atomic mass is 35.5. The summed E-state index contributed by atoms with van der Waals surface area (Å²) in [5.41, 5.74) is 1.03. The van der Waals surface area contributed by atoms with Crippen LogP contribution >= 0.6 is 34.3 Å². The molecule has 1 atom stereocenters. The fourth-order valence-corrected chi connectivity index (χ4v) is 6.04. The summed E-state index contributed by atoms with van der Waals surface area (Å²) in [6, 6.07) is 10.3. The van der Waals surface area contributed by atoms with Crippen molar-refractivity contribution < 1.29 is 4.79 Å². The predicted octanol–water partition coefficient (Wildman–Crippen LogP) is 5.10. The molecule has 7 heteroatoms. The molecule has 148 valence electrons. The number of halogens is 1. The van der Waals surface area contributed by atoms with E-state index in [0.717, 1.165) is 72.2 Å². The highest BCUT2D eigenvalue weighted by Gasteiger charge is 2.19. The Hall–Kier alpha value is -1.47. The van der Waals surface area contributed by atoms with Gasteiger partial charge in [0.2, 0.25) is 0 Å². The normalized spacial score (nSPS) is 17.0. The van der Waals surface area contributed by atoms with Crippen LogP contribution in [0.1, 0.15) is 23.1 Å². The molecular weight excluding hydrogens is 410 g/mol. The Bertz CT molecular complexity index is 954. The third-order valence-corrected chi connectivity index (χ3v) is 7.46. The van der Waals surface area contributed by atoms with Crippen LogP contribution in [0.3, 0.4) is 0 Å². The van der Waals surface area contributed by atoms with Gasteiger partial charge in [-0.1, -0.05) is 29.9 Å². The van der Waals surface area contributed by atoms with Crippen LogP contribution in [0, 0.1) is 5.92 Å². The van der Waals surface area contributed by atoms with Crippen molar-refractivity contribution in [2.24, 2.45) is 5.92 Å². The monoisotopic (exact) mass is 433 g/mol. The van der Waals surface area contributed by atoms with Gasteiger partial charge in [-0.15, -0.1) is 11.3 Å². The van der Waals surface area contributed by atoms with Gasteiger partial charge in [-0.2, -0.15) is 0 Å². The molecule has 1 aliphatic rings. The van der Waals surface area contributed by atoms with E-state index in [-0.39, 0.29) is 5.92 Å². The van der Waals surface area contributed by atoms with Crippen LogP contribution in [0.4, 0.5) is 5.13 Å². The molecular formula is C21H24ClN3OS2. The fraction of sp³-hybridized carbons (Fsp3) is 0.429. The molecule has 4 nitrogen and oxygen atoms in total. The summed E-state index contributed by atoms with van der Waals surface area (Å²) in [4.78, 5) is 23.3. The third kappa shape index (κ3) is 4.74. The minimum Gasteiger partial charge on any atom is -0.347 e. The lowest BCUT2D eigenvalue weighted by Crippen LogP contribution is -2.30. The first-order chi connectivity index (χ1) is 13.6. The molecule has 1 saturated heterocycles.